The van der Waals surface area contributed by atoms with E-state index in [4.69, 9.17) is 45.7 Å². The zero-order valence-corrected chi connectivity index (χ0v) is 30.0. The average Bonchev–Trinajstić information content (AvgIpc) is 4.06. The summed E-state index contributed by atoms with van der Waals surface area (Å²) in [7, 11) is 0. The molecule has 0 unspecified atom stereocenters. The fourth-order valence-electron chi connectivity index (χ4n) is 7.14. The van der Waals surface area contributed by atoms with Crippen molar-refractivity contribution in [2.45, 2.75) is 0 Å². The Hall–Kier alpha value is -8.28. The van der Waals surface area contributed by atoms with E-state index in [9.17, 15) is 0 Å². The van der Waals surface area contributed by atoms with Crippen LogP contribution in [-0.4, -0.2) is 22.8 Å². The molecule has 0 saturated heterocycles. The maximum atomic E-state index is 5.86. The van der Waals surface area contributed by atoms with E-state index in [1.54, 1.807) is 0 Å². The smallest absolute Gasteiger partial charge is 0.0822 e. The zero-order valence-electron chi connectivity index (χ0n) is 30.0. The molecule has 5 aliphatic rings. The summed E-state index contributed by atoms with van der Waals surface area (Å²) in [5.74, 6) is 11.0. The SMILES string of the molecule is C#Cc1ccc(C2=CC3=CC4=NC(=CC5=NC(=CC6=NC(=C(c7ccc(C#C)cc7)C2=N3)C(c2ccc(C#C)cc2)=C6c2ccc(C#C)cc2)C=C5)C=C4)cc1. The molecule has 0 saturated carbocycles. The Morgan fingerprint density at radius 2 is 0.786 bits per heavy atom. The van der Waals surface area contributed by atoms with Crippen LogP contribution in [0.15, 0.2) is 188 Å². The van der Waals surface area contributed by atoms with Gasteiger partial charge in [-0.1, -0.05) is 72.2 Å². The number of hydrogen-bond donors (Lipinski definition) is 0. The Morgan fingerprint density at radius 1 is 0.357 bits per heavy atom. The third kappa shape index (κ3) is 6.17. The van der Waals surface area contributed by atoms with E-state index in [0.717, 1.165) is 112 Å². The molecule has 0 N–H and O–H groups in total. The first-order valence-electron chi connectivity index (χ1n) is 17.9. The molecule has 4 aromatic carbocycles. The second kappa shape index (κ2) is 13.9. The zero-order chi connectivity index (χ0) is 38.2. The normalized spacial score (nSPS) is 16.4. The van der Waals surface area contributed by atoms with Crippen LogP contribution in [0.2, 0.25) is 0 Å². The molecular weight excluding hydrogens is 681 g/mol. The number of benzene rings is 4. The minimum atomic E-state index is 0.722. The molecule has 0 amide bonds. The van der Waals surface area contributed by atoms with E-state index in [1.807, 2.05) is 140 Å². The number of terminal acetylenes is 4. The van der Waals surface area contributed by atoms with Crippen molar-refractivity contribution < 1.29 is 0 Å². The third-order valence-corrected chi connectivity index (χ3v) is 9.86. The monoisotopic (exact) mass is 708 g/mol. The minimum Gasteiger partial charge on any atom is -0.249 e. The van der Waals surface area contributed by atoms with Crippen molar-refractivity contribution in [3.8, 4) is 49.4 Å². The number of rotatable bonds is 4. The highest BCUT2D eigenvalue weighted by Crippen LogP contribution is 2.46. The molecule has 5 heterocycles. The van der Waals surface area contributed by atoms with Crippen LogP contribution in [0, 0.1) is 49.4 Å². The molecule has 0 aromatic heterocycles. The molecule has 256 valence electrons. The van der Waals surface area contributed by atoms with Crippen molar-refractivity contribution in [1.29, 1.82) is 0 Å². The Bertz CT molecular complexity index is 2960. The number of nitrogens with zero attached hydrogens (tertiary/aromatic N) is 4. The largest absolute Gasteiger partial charge is 0.249 e. The fraction of sp³-hybridized carbons (Fsp3) is 0. The highest BCUT2D eigenvalue weighted by molar-refractivity contribution is 6.50. The van der Waals surface area contributed by atoms with E-state index in [1.165, 1.54) is 0 Å². The van der Waals surface area contributed by atoms with E-state index >= 15 is 0 Å². The summed E-state index contributed by atoms with van der Waals surface area (Å²) in [6.07, 6.45) is 39.3. The summed E-state index contributed by atoms with van der Waals surface area (Å²) in [5, 5.41) is 0. The Morgan fingerprint density at radius 3 is 1.29 bits per heavy atom. The lowest BCUT2D eigenvalue weighted by molar-refractivity contribution is 1.41. The van der Waals surface area contributed by atoms with Crippen LogP contribution in [0.1, 0.15) is 44.5 Å². The molecule has 4 nitrogen and oxygen atoms in total. The van der Waals surface area contributed by atoms with E-state index in [-0.39, 0.29) is 0 Å². The Balaban J connectivity index is 1.42. The molecule has 4 aromatic rings. The summed E-state index contributed by atoms with van der Waals surface area (Å²) >= 11 is 0. The molecular formula is C52H28N4. The standard InChI is InChI=1S/C52H28N4/c1-5-33-9-17-37(18-10-33)46-31-45-30-43-26-25-41(53-43)29-42-27-28-44(54-42)32-47-48(38-19-11-34(6-2)12-20-38)49(39-21-13-35(7-3)14-22-39)52(56-47)50(51(46)55-45)40-23-15-36(8-4)16-24-40/h1-4,9-32H. The maximum Gasteiger partial charge on any atom is 0.0822 e. The summed E-state index contributed by atoms with van der Waals surface area (Å²) < 4.78 is 0. The van der Waals surface area contributed by atoms with Crippen LogP contribution in [0.4, 0.5) is 0 Å². The first-order chi connectivity index (χ1) is 27.5. The second-order valence-corrected chi connectivity index (χ2v) is 13.3. The number of hydrogen-bond acceptors (Lipinski definition) is 4. The molecule has 56 heavy (non-hydrogen) atoms. The highest BCUT2D eigenvalue weighted by Gasteiger charge is 2.33. The van der Waals surface area contributed by atoms with Crippen molar-refractivity contribution in [1.82, 2.24) is 0 Å². The van der Waals surface area contributed by atoms with Gasteiger partial charge in [0.25, 0.3) is 0 Å². The molecule has 4 heteroatoms. The van der Waals surface area contributed by atoms with Crippen LogP contribution in [-0.2, 0) is 0 Å². The lowest BCUT2D eigenvalue weighted by Gasteiger charge is -2.18. The van der Waals surface area contributed by atoms with Crippen LogP contribution in [0.5, 0.6) is 0 Å². The first kappa shape index (κ1) is 33.5. The van der Waals surface area contributed by atoms with Gasteiger partial charge in [0, 0.05) is 44.5 Å². The van der Waals surface area contributed by atoms with Gasteiger partial charge in [-0.25, -0.2) is 20.0 Å². The van der Waals surface area contributed by atoms with Crippen molar-refractivity contribution in [2.24, 2.45) is 20.0 Å². The van der Waals surface area contributed by atoms with Gasteiger partial charge in [-0.2, -0.15) is 0 Å². The van der Waals surface area contributed by atoms with Crippen molar-refractivity contribution in [3.63, 3.8) is 0 Å². The van der Waals surface area contributed by atoms with Crippen LogP contribution in [0.25, 0.3) is 22.3 Å². The lowest BCUT2D eigenvalue weighted by Crippen LogP contribution is -2.07. The molecule has 0 spiro atoms. The predicted molar refractivity (Wildman–Crippen MR) is 231 cm³/mol. The summed E-state index contributed by atoms with van der Waals surface area (Å²) in [6.45, 7) is 0. The lowest BCUT2D eigenvalue weighted by atomic mass is 9.85. The van der Waals surface area contributed by atoms with Gasteiger partial charge in [-0.3, -0.25) is 0 Å². The van der Waals surface area contributed by atoms with Crippen LogP contribution >= 0.6 is 0 Å². The number of allylic oxidation sites excluding steroid dienone is 12. The summed E-state index contributed by atoms with van der Waals surface area (Å²) in [4.78, 5) is 20.8. The van der Waals surface area contributed by atoms with E-state index in [2.05, 4.69) is 29.8 Å². The first-order valence-corrected chi connectivity index (χ1v) is 17.9. The van der Waals surface area contributed by atoms with Crippen molar-refractivity contribution in [2.75, 3.05) is 0 Å². The molecule has 0 aliphatic carbocycles. The van der Waals surface area contributed by atoms with Gasteiger partial charge < -0.3 is 0 Å². The van der Waals surface area contributed by atoms with Gasteiger partial charge in [0.05, 0.1) is 45.6 Å². The fourth-order valence-corrected chi connectivity index (χ4v) is 7.14. The van der Waals surface area contributed by atoms with E-state index in [0.29, 0.717) is 0 Å². The van der Waals surface area contributed by atoms with E-state index < -0.39 is 0 Å². The molecule has 0 atom stereocenters. The van der Waals surface area contributed by atoms with Crippen molar-refractivity contribution in [3.05, 3.63) is 213 Å². The Kier molecular flexibility index (Phi) is 8.35. The average molecular weight is 709 g/mol. The summed E-state index contributed by atoms with van der Waals surface area (Å²) in [6, 6.07) is 31.9. The molecule has 0 fully saturated rings. The van der Waals surface area contributed by atoms with Gasteiger partial charge >= 0.3 is 0 Å². The number of fused-ring (bicyclic) bond motifs is 4. The quantitative estimate of drug-likeness (QED) is 0.190. The highest BCUT2D eigenvalue weighted by atomic mass is 14.9. The van der Waals surface area contributed by atoms with Crippen LogP contribution in [0.3, 0.4) is 0 Å². The van der Waals surface area contributed by atoms with Crippen LogP contribution < -0.4 is 0 Å². The topological polar surface area (TPSA) is 49.4 Å². The van der Waals surface area contributed by atoms with Gasteiger partial charge in [0.2, 0.25) is 0 Å². The predicted octanol–water partition coefficient (Wildman–Crippen LogP) is 9.61. The Labute approximate surface area is 326 Å². The van der Waals surface area contributed by atoms with Gasteiger partial charge in [0.15, 0.2) is 0 Å². The molecule has 5 aliphatic heterocycles. The second-order valence-electron chi connectivity index (χ2n) is 13.3. The molecule has 0 radical (unpaired) electrons. The van der Waals surface area contributed by atoms with Crippen molar-refractivity contribution >= 4 is 45.1 Å². The molecule has 8 bridgehead atoms. The van der Waals surface area contributed by atoms with Gasteiger partial charge in [-0.15, -0.1) is 25.7 Å². The summed E-state index contributed by atoms with van der Waals surface area (Å²) in [5.41, 5.74) is 16.3. The molecule has 9 rings (SSSR count). The third-order valence-electron chi connectivity index (χ3n) is 9.86. The van der Waals surface area contributed by atoms with Gasteiger partial charge in [0.1, 0.15) is 0 Å². The minimum absolute atomic E-state index is 0.722. The maximum absolute atomic E-state index is 5.86. The van der Waals surface area contributed by atoms with Gasteiger partial charge in [-0.05, 0) is 119 Å². The number of aliphatic imine (C=N–C) groups is 4.